The Labute approximate surface area is 57.2 Å². The molecule has 0 spiro atoms. The molecule has 0 amide bonds. The Balaban J connectivity index is 3.25. The normalized spacial score (nSPS) is 9.56. The minimum Gasteiger partial charge on any atom is -0.298 e. The molecule has 0 heterocycles. The van der Waals surface area contributed by atoms with Crippen molar-refractivity contribution in [3.63, 3.8) is 0 Å². The summed E-state index contributed by atoms with van der Waals surface area (Å²) in [5.74, 6) is -0.654. The number of halogens is 2. The molecule has 9 heavy (non-hydrogen) atoms. The van der Waals surface area contributed by atoms with Gasteiger partial charge in [0.05, 0.1) is 10.7 Å². The molecule has 47 valence electrons. The molecular formula is C6H4ClFN. The molecule has 0 aromatic heterocycles. The molecular weight excluding hydrogens is 141 g/mol. The lowest BCUT2D eigenvalue weighted by atomic mass is 10.3. The molecule has 0 aliphatic heterocycles. The zero-order valence-corrected chi connectivity index (χ0v) is 5.24. The Hall–Kier alpha value is -0.760. The highest BCUT2D eigenvalue weighted by atomic mass is 35.5. The van der Waals surface area contributed by atoms with Crippen LogP contribution in [0.25, 0.3) is 0 Å². The van der Waals surface area contributed by atoms with Gasteiger partial charge in [-0.3, -0.25) is 5.73 Å². The van der Waals surface area contributed by atoms with E-state index in [0.717, 1.165) is 0 Å². The first-order chi connectivity index (χ1) is 4.22. The topological polar surface area (TPSA) is 23.8 Å². The van der Waals surface area contributed by atoms with E-state index in [1.165, 1.54) is 18.2 Å². The van der Waals surface area contributed by atoms with Crippen LogP contribution in [-0.2, 0) is 0 Å². The lowest BCUT2D eigenvalue weighted by Crippen LogP contribution is -1.78. The number of benzene rings is 1. The Bertz CT molecular complexity index is 204. The Morgan fingerprint density at radius 3 is 2.56 bits per heavy atom. The fourth-order valence-electron chi connectivity index (χ4n) is 0.504. The van der Waals surface area contributed by atoms with Crippen molar-refractivity contribution in [2.75, 3.05) is 0 Å². The van der Waals surface area contributed by atoms with Crippen LogP contribution >= 0.6 is 11.6 Å². The number of nitrogens with one attached hydrogen (secondary N) is 1. The van der Waals surface area contributed by atoms with E-state index in [4.69, 9.17) is 17.3 Å². The molecule has 1 radical (unpaired) electrons. The Morgan fingerprint density at radius 1 is 1.44 bits per heavy atom. The number of hydrogen-bond acceptors (Lipinski definition) is 0. The molecule has 1 aromatic carbocycles. The average Bonchev–Trinajstić information content (AvgIpc) is 1.83. The van der Waals surface area contributed by atoms with E-state index in [0.29, 0.717) is 0 Å². The second-order valence-electron chi connectivity index (χ2n) is 1.60. The smallest absolute Gasteiger partial charge is 0.166 e. The van der Waals surface area contributed by atoms with Gasteiger partial charge in [0.2, 0.25) is 0 Å². The van der Waals surface area contributed by atoms with E-state index in [2.05, 4.69) is 0 Å². The van der Waals surface area contributed by atoms with Crippen molar-refractivity contribution >= 4 is 17.3 Å². The summed E-state index contributed by atoms with van der Waals surface area (Å²) in [6, 6.07) is 4.30. The van der Waals surface area contributed by atoms with Gasteiger partial charge in [-0.2, -0.15) is 0 Å². The first-order valence-electron chi connectivity index (χ1n) is 2.37. The van der Waals surface area contributed by atoms with Gasteiger partial charge >= 0.3 is 0 Å². The van der Waals surface area contributed by atoms with Gasteiger partial charge in [0.1, 0.15) is 0 Å². The van der Waals surface area contributed by atoms with Crippen molar-refractivity contribution in [2.24, 2.45) is 0 Å². The van der Waals surface area contributed by atoms with Crippen LogP contribution in [0.15, 0.2) is 18.2 Å². The monoisotopic (exact) mass is 144 g/mol. The zero-order valence-electron chi connectivity index (χ0n) is 4.49. The van der Waals surface area contributed by atoms with E-state index < -0.39 is 5.82 Å². The van der Waals surface area contributed by atoms with Crippen LogP contribution in [-0.4, -0.2) is 0 Å². The predicted octanol–water partition coefficient (Wildman–Crippen LogP) is 2.39. The fraction of sp³-hybridized carbons (Fsp3) is 0. The van der Waals surface area contributed by atoms with Crippen molar-refractivity contribution < 1.29 is 4.39 Å². The Kier molecular flexibility index (Phi) is 1.58. The SMILES string of the molecule is [NH]c1cccc(Cl)c1F. The molecule has 0 unspecified atom stereocenters. The van der Waals surface area contributed by atoms with Crippen molar-refractivity contribution in [2.45, 2.75) is 0 Å². The van der Waals surface area contributed by atoms with Gasteiger partial charge in [-0.15, -0.1) is 0 Å². The third-order valence-electron chi connectivity index (χ3n) is 0.952. The van der Waals surface area contributed by atoms with Crippen LogP contribution in [0.3, 0.4) is 0 Å². The first-order valence-corrected chi connectivity index (χ1v) is 2.75. The van der Waals surface area contributed by atoms with Gasteiger partial charge in [-0.25, -0.2) is 4.39 Å². The molecule has 0 atom stereocenters. The summed E-state index contributed by atoms with van der Waals surface area (Å²) in [6.07, 6.45) is 0. The molecule has 0 saturated heterocycles. The van der Waals surface area contributed by atoms with Crippen LogP contribution in [0.1, 0.15) is 0 Å². The van der Waals surface area contributed by atoms with Crippen molar-refractivity contribution in [1.82, 2.24) is 5.73 Å². The van der Waals surface area contributed by atoms with Crippen LogP contribution in [0, 0.1) is 5.82 Å². The molecule has 1 rings (SSSR count). The summed E-state index contributed by atoms with van der Waals surface area (Å²) in [5, 5.41) is 0.00231. The van der Waals surface area contributed by atoms with E-state index in [-0.39, 0.29) is 10.7 Å². The average molecular weight is 145 g/mol. The highest BCUT2D eigenvalue weighted by Gasteiger charge is 2.00. The summed E-state index contributed by atoms with van der Waals surface area (Å²) in [4.78, 5) is 0. The molecule has 1 nitrogen and oxygen atoms in total. The molecule has 0 aliphatic rings. The molecule has 0 aliphatic carbocycles. The van der Waals surface area contributed by atoms with Gasteiger partial charge in [0.25, 0.3) is 0 Å². The van der Waals surface area contributed by atoms with E-state index >= 15 is 0 Å². The summed E-state index contributed by atoms with van der Waals surface area (Å²) in [7, 11) is 0. The largest absolute Gasteiger partial charge is 0.298 e. The second kappa shape index (κ2) is 2.23. The first kappa shape index (κ1) is 6.36. The van der Waals surface area contributed by atoms with Crippen molar-refractivity contribution in [3.8, 4) is 0 Å². The number of rotatable bonds is 0. The van der Waals surface area contributed by atoms with Crippen LogP contribution in [0.5, 0.6) is 0 Å². The van der Waals surface area contributed by atoms with E-state index in [9.17, 15) is 4.39 Å². The van der Waals surface area contributed by atoms with E-state index in [1.54, 1.807) is 0 Å². The highest BCUT2D eigenvalue weighted by Crippen LogP contribution is 2.19. The lowest BCUT2D eigenvalue weighted by molar-refractivity contribution is 0.629. The highest BCUT2D eigenvalue weighted by molar-refractivity contribution is 6.30. The molecule has 3 heteroatoms. The van der Waals surface area contributed by atoms with Crippen LogP contribution in [0.2, 0.25) is 5.02 Å². The quantitative estimate of drug-likeness (QED) is 0.534. The standard InChI is InChI=1S/C6H4ClFN/c7-4-2-1-3-5(9)6(4)8/h1-3,9H. The maximum atomic E-state index is 12.4. The second-order valence-corrected chi connectivity index (χ2v) is 2.01. The van der Waals surface area contributed by atoms with Gasteiger partial charge in [-0.05, 0) is 12.1 Å². The molecule has 0 bridgehead atoms. The zero-order chi connectivity index (χ0) is 6.85. The third-order valence-corrected chi connectivity index (χ3v) is 1.24. The maximum absolute atomic E-state index is 12.4. The van der Waals surface area contributed by atoms with Gasteiger partial charge in [0, 0.05) is 0 Å². The van der Waals surface area contributed by atoms with Gasteiger partial charge < -0.3 is 0 Å². The lowest BCUT2D eigenvalue weighted by Gasteiger charge is -1.93. The van der Waals surface area contributed by atoms with Crippen molar-refractivity contribution in [3.05, 3.63) is 29.0 Å². The third kappa shape index (κ3) is 1.13. The van der Waals surface area contributed by atoms with Crippen LogP contribution in [0.4, 0.5) is 10.1 Å². The molecule has 1 aromatic rings. The summed E-state index contributed by atoms with van der Waals surface area (Å²) < 4.78 is 12.4. The predicted molar refractivity (Wildman–Crippen MR) is 34.2 cm³/mol. The maximum Gasteiger partial charge on any atom is 0.166 e. The summed E-state index contributed by atoms with van der Waals surface area (Å²) in [5.41, 5.74) is 6.74. The molecule has 0 fully saturated rings. The molecule has 0 saturated carbocycles. The summed E-state index contributed by atoms with van der Waals surface area (Å²) in [6.45, 7) is 0. The summed E-state index contributed by atoms with van der Waals surface area (Å²) >= 11 is 5.32. The Morgan fingerprint density at radius 2 is 2.11 bits per heavy atom. The fourth-order valence-corrected chi connectivity index (χ4v) is 0.678. The minimum atomic E-state index is -0.654. The van der Waals surface area contributed by atoms with Gasteiger partial charge in [-0.1, -0.05) is 17.7 Å². The number of hydrogen-bond donors (Lipinski definition) is 0. The minimum absolute atomic E-state index is 0.00231. The molecule has 1 N–H and O–H groups in total. The van der Waals surface area contributed by atoms with Gasteiger partial charge in [0.15, 0.2) is 5.82 Å². The van der Waals surface area contributed by atoms with Crippen LogP contribution < -0.4 is 5.73 Å². The van der Waals surface area contributed by atoms with E-state index in [1.807, 2.05) is 0 Å². The van der Waals surface area contributed by atoms with Crippen molar-refractivity contribution in [1.29, 1.82) is 0 Å².